The Morgan fingerprint density at radius 3 is 2.33 bits per heavy atom. The highest BCUT2D eigenvalue weighted by Crippen LogP contribution is 2.34. The quantitative estimate of drug-likeness (QED) is 0.741. The molecule has 0 aliphatic carbocycles. The van der Waals surface area contributed by atoms with Crippen LogP contribution in [0.5, 0.6) is 0 Å². The Kier molecular flexibility index (Phi) is 5.74. The maximum atomic E-state index is 12.9. The summed E-state index contributed by atoms with van der Waals surface area (Å²) in [4.78, 5) is 26.9. The fraction of sp³-hybridized carbons (Fsp3) is 0.391. The number of ether oxygens (including phenoxy) is 3. The lowest BCUT2D eigenvalue weighted by molar-refractivity contribution is -0.174. The predicted molar refractivity (Wildman–Crippen MR) is 109 cm³/mol. The molecule has 0 spiro atoms. The number of amides is 2. The molecule has 0 saturated carbocycles. The second-order valence-corrected chi connectivity index (χ2v) is 7.99. The Hall–Kier alpha value is -2.90. The summed E-state index contributed by atoms with van der Waals surface area (Å²) >= 11 is 0. The number of hydrogen-bond acceptors (Lipinski definition) is 5. The average Bonchev–Trinajstić information content (AvgIpc) is 3.11. The van der Waals surface area contributed by atoms with Crippen molar-refractivity contribution in [3.8, 4) is 0 Å². The molecule has 158 valence electrons. The van der Waals surface area contributed by atoms with Gasteiger partial charge >= 0.3 is 6.09 Å². The van der Waals surface area contributed by atoms with Crippen molar-refractivity contribution in [2.24, 2.45) is 0 Å². The molecule has 0 radical (unpaired) electrons. The first-order valence-corrected chi connectivity index (χ1v) is 10.1. The van der Waals surface area contributed by atoms with Crippen LogP contribution in [0.15, 0.2) is 60.7 Å². The summed E-state index contributed by atoms with van der Waals surface area (Å²) in [6, 6.07) is 18.1. The van der Waals surface area contributed by atoms with Crippen molar-refractivity contribution in [1.82, 2.24) is 10.2 Å². The summed E-state index contributed by atoms with van der Waals surface area (Å²) in [5.74, 6) is -0.881. The van der Waals surface area contributed by atoms with Crippen molar-refractivity contribution in [2.45, 2.75) is 51.0 Å². The summed E-state index contributed by atoms with van der Waals surface area (Å²) in [5.41, 5.74) is 1.89. The molecule has 2 aliphatic heterocycles. The van der Waals surface area contributed by atoms with Crippen LogP contribution in [0, 0.1) is 0 Å². The highest BCUT2D eigenvalue weighted by molar-refractivity contribution is 5.92. The normalized spacial score (nSPS) is 24.9. The highest BCUT2D eigenvalue weighted by atomic mass is 16.7. The van der Waals surface area contributed by atoms with E-state index in [9.17, 15) is 9.59 Å². The molecular weight excluding hydrogens is 384 g/mol. The fourth-order valence-electron chi connectivity index (χ4n) is 3.87. The second kappa shape index (κ2) is 8.45. The molecule has 2 amide bonds. The lowest BCUT2D eigenvalue weighted by atomic mass is 9.89. The molecule has 30 heavy (non-hydrogen) atoms. The van der Waals surface area contributed by atoms with Crippen LogP contribution in [0.25, 0.3) is 0 Å². The zero-order valence-electron chi connectivity index (χ0n) is 17.1. The van der Waals surface area contributed by atoms with Gasteiger partial charge in [-0.25, -0.2) is 4.79 Å². The number of carbonyl (C=O) groups is 2. The molecule has 2 aromatic rings. The smallest absolute Gasteiger partial charge is 0.408 e. The number of carbonyl (C=O) groups excluding carboxylic acids is 2. The average molecular weight is 410 g/mol. The number of nitrogens with zero attached hydrogens (tertiary/aromatic N) is 1. The molecule has 1 N–H and O–H groups in total. The molecule has 0 aromatic heterocycles. The Balaban J connectivity index is 1.42. The zero-order chi connectivity index (χ0) is 21.1. The number of hydrogen-bond donors (Lipinski definition) is 1. The van der Waals surface area contributed by atoms with Gasteiger partial charge in [0.05, 0.1) is 12.6 Å². The highest BCUT2D eigenvalue weighted by Gasteiger charge is 2.55. The minimum atomic E-state index is -0.722. The van der Waals surface area contributed by atoms with Gasteiger partial charge in [-0.3, -0.25) is 4.79 Å². The van der Waals surface area contributed by atoms with E-state index in [2.05, 4.69) is 5.32 Å². The van der Waals surface area contributed by atoms with E-state index >= 15 is 0 Å². The van der Waals surface area contributed by atoms with Gasteiger partial charge < -0.3 is 24.4 Å². The van der Waals surface area contributed by atoms with E-state index in [0.29, 0.717) is 13.2 Å². The molecule has 2 saturated heterocycles. The number of benzene rings is 2. The van der Waals surface area contributed by atoms with Gasteiger partial charge in [-0.2, -0.15) is 0 Å². The number of β-lactam (4-membered cyclic amide) rings is 1. The van der Waals surface area contributed by atoms with Crippen LogP contribution in [0.1, 0.15) is 25.0 Å². The number of nitrogens with one attached hydrogen (secondary N) is 1. The van der Waals surface area contributed by atoms with Gasteiger partial charge in [-0.1, -0.05) is 60.7 Å². The van der Waals surface area contributed by atoms with Gasteiger partial charge in [-0.05, 0) is 25.0 Å². The molecule has 2 heterocycles. The predicted octanol–water partition coefficient (Wildman–Crippen LogP) is 2.84. The first-order chi connectivity index (χ1) is 14.4. The van der Waals surface area contributed by atoms with Crippen LogP contribution in [0.3, 0.4) is 0 Å². The lowest BCUT2D eigenvalue weighted by Crippen LogP contribution is -2.74. The van der Waals surface area contributed by atoms with Crippen LogP contribution < -0.4 is 5.32 Å². The third kappa shape index (κ3) is 4.47. The van der Waals surface area contributed by atoms with E-state index in [-0.39, 0.29) is 24.7 Å². The molecule has 0 bridgehead atoms. The number of rotatable bonds is 6. The molecule has 7 nitrogen and oxygen atoms in total. The Bertz CT molecular complexity index is 887. The van der Waals surface area contributed by atoms with Crippen molar-refractivity contribution in [3.63, 3.8) is 0 Å². The topological polar surface area (TPSA) is 77.1 Å². The minimum Gasteiger partial charge on any atom is -0.445 e. The third-order valence-electron chi connectivity index (χ3n) is 5.34. The standard InChI is InChI=1S/C23H26N2O5/c1-23(2)29-15-18(30-23)20-19(21(26)25(20)13-16-9-5-3-6-10-16)24-22(27)28-14-17-11-7-4-8-12-17/h3-12,18-20H,13-15H2,1-2H3,(H,24,27)/t18-,19-,20+/m0/s1. The van der Waals surface area contributed by atoms with Crippen LogP contribution >= 0.6 is 0 Å². The van der Waals surface area contributed by atoms with Gasteiger partial charge in [0.2, 0.25) is 5.91 Å². The summed E-state index contributed by atoms with van der Waals surface area (Å²) < 4.78 is 17.0. The van der Waals surface area contributed by atoms with E-state index < -0.39 is 17.9 Å². The summed E-state index contributed by atoms with van der Waals surface area (Å²) in [6.45, 7) is 4.62. The van der Waals surface area contributed by atoms with Crippen molar-refractivity contribution in [1.29, 1.82) is 0 Å². The van der Waals surface area contributed by atoms with Gasteiger partial charge in [-0.15, -0.1) is 0 Å². The monoisotopic (exact) mass is 410 g/mol. The second-order valence-electron chi connectivity index (χ2n) is 7.99. The zero-order valence-corrected chi connectivity index (χ0v) is 17.1. The summed E-state index contributed by atoms with van der Waals surface area (Å²) in [5, 5.41) is 2.72. The summed E-state index contributed by atoms with van der Waals surface area (Å²) in [7, 11) is 0. The van der Waals surface area contributed by atoms with E-state index in [0.717, 1.165) is 11.1 Å². The van der Waals surface area contributed by atoms with Crippen LogP contribution in [-0.2, 0) is 32.2 Å². The SMILES string of the molecule is CC1(C)OC[C@@H]([C@@H]2[C@H](NC(=O)OCc3ccccc3)C(=O)N2Cc2ccccc2)O1. The Morgan fingerprint density at radius 2 is 1.73 bits per heavy atom. The molecular formula is C23H26N2O5. The minimum absolute atomic E-state index is 0.141. The van der Waals surface area contributed by atoms with Crippen molar-refractivity contribution in [2.75, 3.05) is 6.61 Å². The molecule has 2 aliphatic rings. The van der Waals surface area contributed by atoms with Gasteiger partial charge in [0.25, 0.3) is 0 Å². The Labute approximate surface area is 175 Å². The van der Waals surface area contributed by atoms with E-state index in [4.69, 9.17) is 14.2 Å². The number of alkyl carbamates (subject to hydrolysis) is 1. The molecule has 0 unspecified atom stereocenters. The molecule has 7 heteroatoms. The first kappa shape index (κ1) is 20.4. The van der Waals surface area contributed by atoms with Crippen LogP contribution in [0.4, 0.5) is 4.79 Å². The maximum Gasteiger partial charge on any atom is 0.408 e. The largest absolute Gasteiger partial charge is 0.445 e. The van der Waals surface area contributed by atoms with Crippen LogP contribution in [-0.4, -0.2) is 47.5 Å². The van der Waals surface area contributed by atoms with E-state index in [1.54, 1.807) is 4.90 Å². The van der Waals surface area contributed by atoms with E-state index in [1.807, 2.05) is 74.5 Å². The molecule has 2 aromatic carbocycles. The maximum absolute atomic E-state index is 12.9. The lowest BCUT2D eigenvalue weighted by Gasteiger charge is -2.49. The van der Waals surface area contributed by atoms with Crippen molar-refractivity contribution < 1.29 is 23.8 Å². The van der Waals surface area contributed by atoms with Gasteiger partial charge in [0, 0.05) is 6.54 Å². The Morgan fingerprint density at radius 1 is 1.10 bits per heavy atom. The summed E-state index contributed by atoms with van der Waals surface area (Å²) in [6.07, 6.45) is -0.958. The molecule has 4 rings (SSSR count). The van der Waals surface area contributed by atoms with Crippen molar-refractivity contribution in [3.05, 3.63) is 71.8 Å². The molecule has 2 fully saturated rings. The van der Waals surface area contributed by atoms with Gasteiger partial charge in [0.15, 0.2) is 5.79 Å². The van der Waals surface area contributed by atoms with Crippen molar-refractivity contribution >= 4 is 12.0 Å². The molecule has 3 atom stereocenters. The van der Waals surface area contributed by atoms with Gasteiger partial charge in [0.1, 0.15) is 18.8 Å². The van der Waals surface area contributed by atoms with Crippen LogP contribution in [0.2, 0.25) is 0 Å². The number of likely N-dealkylation sites (tertiary alicyclic amines) is 1. The first-order valence-electron chi connectivity index (χ1n) is 10.1. The fourth-order valence-corrected chi connectivity index (χ4v) is 3.87. The van der Waals surface area contributed by atoms with E-state index in [1.165, 1.54) is 0 Å². The third-order valence-corrected chi connectivity index (χ3v) is 5.34.